The number of carbonyl (C=O) groups is 1. The second-order valence-corrected chi connectivity index (χ2v) is 5.95. The van der Waals surface area contributed by atoms with Crippen molar-refractivity contribution >= 4 is 21.8 Å². The van der Waals surface area contributed by atoms with E-state index in [0.717, 1.165) is 17.4 Å². The van der Waals surface area contributed by atoms with E-state index < -0.39 is 0 Å². The Morgan fingerprint density at radius 3 is 2.44 bits per heavy atom. The van der Waals surface area contributed by atoms with Crippen LogP contribution in [0.3, 0.4) is 0 Å². The fourth-order valence-electron chi connectivity index (χ4n) is 2.56. The van der Waals surface area contributed by atoms with Gasteiger partial charge in [0, 0.05) is 17.4 Å². The molecule has 0 heterocycles. The van der Waals surface area contributed by atoms with E-state index in [9.17, 15) is 4.79 Å². The number of amides is 1. The lowest BCUT2D eigenvalue weighted by Crippen LogP contribution is -2.37. The van der Waals surface area contributed by atoms with Crippen molar-refractivity contribution in [3.8, 4) is 0 Å². The summed E-state index contributed by atoms with van der Waals surface area (Å²) in [6.45, 7) is 2.81. The van der Waals surface area contributed by atoms with Crippen LogP contribution in [0, 0.1) is 12.3 Å². The summed E-state index contributed by atoms with van der Waals surface area (Å²) in [6.07, 6.45) is 5.00. The molecule has 1 fully saturated rings. The SMILES string of the molecule is Cc1ccc(C(=O)NCC2(CBr)CCCC2)cc1. The van der Waals surface area contributed by atoms with Crippen molar-refractivity contribution in [1.29, 1.82) is 0 Å². The number of rotatable bonds is 4. The Hall–Kier alpha value is -0.830. The van der Waals surface area contributed by atoms with E-state index in [0.29, 0.717) is 0 Å². The molecule has 0 atom stereocenters. The topological polar surface area (TPSA) is 29.1 Å². The summed E-state index contributed by atoms with van der Waals surface area (Å²) in [7, 11) is 0. The number of carbonyl (C=O) groups excluding carboxylic acids is 1. The molecule has 1 aliphatic carbocycles. The molecule has 1 saturated carbocycles. The predicted octanol–water partition coefficient (Wildman–Crippen LogP) is 3.68. The monoisotopic (exact) mass is 309 g/mol. The van der Waals surface area contributed by atoms with Crippen LogP contribution in [0.1, 0.15) is 41.6 Å². The van der Waals surface area contributed by atoms with Crippen LogP contribution in [0.15, 0.2) is 24.3 Å². The molecule has 0 aliphatic heterocycles. The van der Waals surface area contributed by atoms with Crippen LogP contribution in [-0.4, -0.2) is 17.8 Å². The molecule has 1 aliphatic rings. The molecule has 18 heavy (non-hydrogen) atoms. The zero-order chi connectivity index (χ0) is 13.0. The van der Waals surface area contributed by atoms with Crippen molar-refractivity contribution in [3.63, 3.8) is 0 Å². The Morgan fingerprint density at radius 1 is 1.28 bits per heavy atom. The Labute approximate surface area is 117 Å². The summed E-state index contributed by atoms with van der Waals surface area (Å²) < 4.78 is 0. The van der Waals surface area contributed by atoms with Crippen LogP contribution in [0.2, 0.25) is 0 Å². The van der Waals surface area contributed by atoms with E-state index in [-0.39, 0.29) is 11.3 Å². The van der Waals surface area contributed by atoms with E-state index in [1.54, 1.807) is 0 Å². The van der Waals surface area contributed by atoms with Gasteiger partial charge in [-0.15, -0.1) is 0 Å². The molecule has 0 spiro atoms. The van der Waals surface area contributed by atoms with Gasteiger partial charge in [-0.3, -0.25) is 4.79 Å². The Balaban J connectivity index is 1.93. The molecule has 1 aromatic carbocycles. The molecule has 0 unspecified atom stereocenters. The second-order valence-electron chi connectivity index (χ2n) is 5.39. The van der Waals surface area contributed by atoms with Crippen molar-refractivity contribution in [2.75, 3.05) is 11.9 Å². The largest absolute Gasteiger partial charge is 0.351 e. The lowest BCUT2D eigenvalue weighted by molar-refractivity contribution is 0.0935. The molecular weight excluding hydrogens is 290 g/mol. The van der Waals surface area contributed by atoms with E-state index in [1.807, 2.05) is 31.2 Å². The van der Waals surface area contributed by atoms with Gasteiger partial charge >= 0.3 is 0 Å². The van der Waals surface area contributed by atoms with Crippen LogP contribution in [-0.2, 0) is 0 Å². The number of nitrogens with one attached hydrogen (secondary N) is 1. The summed E-state index contributed by atoms with van der Waals surface area (Å²) >= 11 is 3.60. The zero-order valence-corrected chi connectivity index (χ0v) is 12.4. The van der Waals surface area contributed by atoms with Crippen molar-refractivity contribution in [2.45, 2.75) is 32.6 Å². The Kier molecular flexibility index (Phi) is 4.44. The predicted molar refractivity (Wildman–Crippen MR) is 78.2 cm³/mol. The first-order valence-corrected chi connectivity index (χ1v) is 7.68. The molecule has 0 radical (unpaired) electrons. The van der Waals surface area contributed by atoms with Gasteiger partial charge in [-0.1, -0.05) is 46.5 Å². The molecule has 2 rings (SSSR count). The number of aryl methyl sites for hydroxylation is 1. The lowest BCUT2D eigenvalue weighted by Gasteiger charge is -2.26. The average Bonchev–Trinajstić information content (AvgIpc) is 2.86. The average molecular weight is 310 g/mol. The smallest absolute Gasteiger partial charge is 0.251 e. The molecular formula is C15H20BrNO. The van der Waals surface area contributed by atoms with Gasteiger partial charge < -0.3 is 5.32 Å². The van der Waals surface area contributed by atoms with Gasteiger partial charge in [0.25, 0.3) is 5.91 Å². The van der Waals surface area contributed by atoms with E-state index >= 15 is 0 Å². The molecule has 98 valence electrons. The van der Waals surface area contributed by atoms with E-state index in [2.05, 4.69) is 21.2 Å². The summed E-state index contributed by atoms with van der Waals surface area (Å²) in [5.41, 5.74) is 2.21. The van der Waals surface area contributed by atoms with Gasteiger partial charge in [0.05, 0.1) is 0 Å². The van der Waals surface area contributed by atoms with Gasteiger partial charge in [0.15, 0.2) is 0 Å². The zero-order valence-electron chi connectivity index (χ0n) is 10.8. The Bertz CT molecular complexity index is 407. The lowest BCUT2D eigenvalue weighted by atomic mass is 9.89. The maximum absolute atomic E-state index is 12.0. The van der Waals surface area contributed by atoms with Crippen molar-refractivity contribution in [2.24, 2.45) is 5.41 Å². The summed E-state index contributed by atoms with van der Waals surface area (Å²) in [5.74, 6) is 0.0437. The van der Waals surface area contributed by atoms with Gasteiger partial charge in [0.2, 0.25) is 0 Å². The third kappa shape index (κ3) is 3.14. The molecule has 0 bridgehead atoms. The van der Waals surface area contributed by atoms with Crippen LogP contribution < -0.4 is 5.32 Å². The number of hydrogen-bond donors (Lipinski definition) is 1. The molecule has 0 saturated heterocycles. The van der Waals surface area contributed by atoms with Crippen LogP contribution in [0.5, 0.6) is 0 Å². The minimum Gasteiger partial charge on any atom is -0.351 e. The third-order valence-electron chi connectivity index (χ3n) is 3.89. The Morgan fingerprint density at radius 2 is 1.89 bits per heavy atom. The third-order valence-corrected chi connectivity index (χ3v) is 5.07. The highest BCUT2D eigenvalue weighted by atomic mass is 79.9. The van der Waals surface area contributed by atoms with E-state index in [4.69, 9.17) is 0 Å². The van der Waals surface area contributed by atoms with Gasteiger partial charge in [-0.05, 0) is 37.3 Å². The summed E-state index contributed by atoms with van der Waals surface area (Å²) in [4.78, 5) is 12.0. The van der Waals surface area contributed by atoms with Crippen LogP contribution >= 0.6 is 15.9 Å². The van der Waals surface area contributed by atoms with Crippen molar-refractivity contribution in [1.82, 2.24) is 5.32 Å². The number of alkyl halides is 1. The number of hydrogen-bond acceptors (Lipinski definition) is 1. The highest BCUT2D eigenvalue weighted by Gasteiger charge is 2.32. The minimum absolute atomic E-state index is 0.0437. The van der Waals surface area contributed by atoms with Crippen molar-refractivity contribution in [3.05, 3.63) is 35.4 Å². The molecule has 1 amide bonds. The minimum atomic E-state index is 0.0437. The van der Waals surface area contributed by atoms with Crippen LogP contribution in [0.25, 0.3) is 0 Å². The highest BCUT2D eigenvalue weighted by Crippen LogP contribution is 2.38. The fraction of sp³-hybridized carbons (Fsp3) is 0.533. The number of benzene rings is 1. The molecule has 1 aromatic rings. The first kappa shape index (κ1) is 13.6. The first-order chi connectivity index (χ1) is 8.65. The molecule has 0 aromatic heterocycles. The molecule has 3 heteroatoms. The molecule has 2 nitrogen and oxygen atoms in total. The van der Waals surface area contributed by atoms with E-state index in [1.165, 1.54) is 31.2 Å². The van der Waals surface area contributed by atoms with Crippen LogP contribution in [0.4, 0.5) is 0 Å². The van der Waals surface area contributed by atoms with Gasteiger partial charge in [0.1, 0.15) is 0 Å². The maximum atomic E-state index is 12.0. The maximum Gasteiger partial charge on any atom is 0.251 e. The van der Waals surface area contributed by atoms with Crippen molar-refractivity contribution < 1.29 is 4.79 Å². The fourth-order valence-corrected chi connectivity index (χ4v) is 3.32. The quantitative estimate of drug-likeness (QED) is 0.845. The second kappa shape index (κ2) is 5.87. The highest BCUT2D eigenvalue weighted by molar-refractivity contribution is 9.09. The summed E-state index contributed by atoms with van der Waals surface area (Å²) in [6, 6.07) is 7.73. The first-order valence-electron chi connectivity index (χ1n) is 6.56. The summed E-state index contributed by atoms with van der Waals surface area (Å²) in [5, 5.41) is 4.06. The normalized spacial score (nSPS) is 17.7. The van der Waals surface area contributed by atoms with Gasteiger partial charge in [-0.2, -0.15) is 0 Å². The van der Waals surface area contributed by atoms with Gasteiger partial charge in [-0.25, -0.2) is 0 Å². The standard InChI is InChI=1S/C15H20BrNO/c1-12-4-6-13(7-5-12)14(18)17-11-15(10-16)8-2-3-9-15/h4-7H,2-3,8-11H2,1H3,(H,17,18). The number of halogens is 1. The molecule has 1 N–H and O–H groups in total.